The van der Waals surface area contributed by atoms with Crippen LogP contribution in [-0.2, 0) is 11.3 Å². The number of aromatic nitrogens is 2. The molecule has 0 saturated carbocycles. The van der Waals surface area contributed by atoms with Crippen LogP contribution >= 0.6 is 11.6 Å². The van der Waals surface area contributed by atoms with Crippen LogP contribution in [0.2, 0.25) is 5.02 Å². The third-order valence-electron chi connectivity index (χ3n) is 5.54. The van der Waals surface area contributed by atoms with Crippen molar-refractivity contribution in [3.8, 4) is 0 Å². The Balaban J connectivity index is 1.38. The Morgan fingerprint density at radius 2 is 2.00 bits per heavy atom. The molecule has 0 radical (unpaired) electrons. The van der Waals surface area contributed by atoms with Gasteiger partial charge in [-0.2, -0.15) is 0 Å². The van der Waals surface area contributed by atoms with E-state index in [1.807, 2.05) is 42.2 Å². The van der Waals surface area contributed by atoms with Crippen LogP contribution in [0.4, 0.5) is 0 Å². The number of hydrogen-bond donors (Lipinski definition) is 1. The smallest absolute Gasteiger partial charge is 0.255 e. The molecular formula is C23H23ClN4O2. The summed E-state index contributed by atoms with van der Waals surface area (Å²) in [6.45, 7) is 3.42. The molecule has 1 aliphatic rings. The standard InChI is InChI=1S/C23H23ClN4O2/c1-15-20(12-18-11-19(24)4-5-21(18)27-15)23(30)28-9-6-17(7-10-28)22(29)26-14-16-3-2-8-25-13-16/h2-5,8,11-13,17H,6-7,9-10,14H2,1H3,(H,26,29). The number of carbonyl (C=O) groups excluding carboxylic acids is 2. The summed E-state index contributed by atoms with van der Waals surface area (Å²) in [5, 5.41) is 4.44. The van der Waals surface area contributed by atoms with E-state index in [-0.39, 0.29) is 17.7 Å². The normalized spacial score (nSPS) is 14.7. The van der Waals surface area contributed by atoms with E-state index in [4.69, 9.17) is 11.6 Å². The molecule has 3 heterocycles. The highest BCUT2D eigenvalue weighted by atomic mass is 35.5. The van der Waals surface area contributed by atoms with Crippen LogP contribution in [0.3, 0.4) is 0 Å². The maximum atomic E-state index is 13.1. The van der Waals surface area contributed by atoms with Crippen LogP contribution in [0.15, 0.2) is 48.8 Å². The van der Waals surface area contributed by atoms with Crippen molar-refractivity contribution < 1.29 is 9.59 Å². The first kappa shape index (κ1) is 20.3. The number of likely N-dealkylation sites (tertiary alicyclic amines) is 1. The van der Waals surface area contributed by atoms with Gasteiger partial charge in [0, 0.05) is 48.4 Å². The van der Waals surface area contributed by atoms with E-state index in [0.29, 0.717) is 48.8 Å². The molecule has 7 heteroatoms. The molecule has 30 heavy (non-hydrogen) atoms. The fourth-order valence-corrected chi connectivity index (χ4v) is 3.99. The molecule has 0 bridgehead atoms. The summed E-state index contributed by atoms with van der Waals surface area (Å²) in [6, 6.07) is 11.1. The Morgan fingerprint density at radius 3 is 2.73 bits per heavy atom. The molecule has 154 valence electrons. The van der Waals surface area contributed by atoms with Gasteiger partial charge in [-0.25, -0.2) is 0 Å². The lowest BCUT2D eigenvalue weighted by molar-refractivity contribution is -0.126. The molecule has 0 aliphatic carbocycles. The highest BCUT2D eigenvalue weighted by Gasteiger charge is 2.28. The molecule has 4 rings (SSSR count). The van der Waals surface area contributed by atoms with Crippen LogP contribution in [0.25, 0.3) is 10.9 Å². The number of fused-ring (bicyclic) bond motifs is 1. The zero-order chi connectivity index (χ0) is 21.1. The minimum Gasteiger partial charge on any atom is -0.352 e. The van der Waals surface area contributed by atoms with E-state index in [1.54, 1.807) is 18.5 Å². The molecule has 6 nitrogen and oxygen atoms in total. The zero-order valence-corrected chi connectivity index (χ0v) is 17.5. The molecule has 3 aromatic rings. The van der Waals surface area contributed by atoms with Gasteiger partial charge in [0.2, 0.25) is 5.91 Å². The van der Waals surface area contributed by atoms with E-state index in [2.05, 4.69) is 15.3 Å². The first-order valence-electron chi connectivity index (χ1n) is 10.0. The van der Waals surface area contributed by atoms with Gasteiger partial charge in [0.15, 0.2) is 0 Å². The molecule has 1 saturated heterocycles. The lowest BCUT2D eigenvalue weighted by Crippen LogP contribution is -2.43. The second-order valence-electron chi connectivity index (χ2n) is 7.60. The molecule has 2 amide bonds. The topological polar surface area (TPSA) is 75.2 Å². The maximum Gasteiger partial charge on any atom is 0.255 e. The number of amides is 2. The van der Waals surface area contributed by atoms with Crippen molar-refractivity contribution in [2.24, 2.45) is 5.92 Å². The largest absolute Gasteiger partial charge is 0.352 e. The van der Waals surface area contributed by atoms with Crippen molar-refractivity contribution in [1.82, 2.24) is 20.2 Å². The average Bonchev–Trinajstić information content (AvgIpc) is 2.77. The highest BCUT2D eigenvalue weighted by molar-refractivity contribution is 6.31. The molecule has 0 atom stereocenters. The second-order valence-corrected chi connectivity index (χ2v) is 8.04. The van der Waals surface area contributed by atoms with Crippen LogP contribution in [0.1, 0.15) is 34.5 Å². The van der Waals surface area contributed by atoms with Gasteiger partial charge in [0.1, 0.15) is 0 Å². The fraction of sp³-hybridized carbons (Fsp3) is 0.304. The number of piperidine rings is 1. The van der Waals surface area contributed by atoms with Crippen LogP contribution in [0, 0.1) is 12.8 Å². The van der Waals surface area contributed by atoms with Gasteiger partial charge in [-0.05, 0) is 55.7 Å². The lowest BCUT2D eigenvalue weighted by Gasteiger charge is -2.31. The number of nitrogens with one attached hydrogen (secondary N) is 1. The van der Waals surface area contributed by atoms with Crippen molar-refractivity contribution >= 4 is 34.3 Å². The van der Waals surface area contributed by atoms with Crippen molar-refractivity contribution in [3.05, 3.63) is 70.6 Å². The minimum atomic E-state index is -0.0830. The number of carbonyl (C=O) groups is 2. The van der Waals surface area contributed by atoms with Gasteiger partial charge in [-0.1, -0.05) is 17.7 Å². The van der Waals surface area contributed by atoms with Gasteiger partial charge in [0.05, 0.1) is 16.8 Å². The summed E-state index contributed by atoms with van der Waals surface area (Å²) in [5.74, 6) is -0.0967. The van der Waals surface area contributed by atoms with E-state index in [0.717, 1.165) is 16.5 Å². The number of nitrogens with zero attached hydrogens (tertiary/aromatic N) is 3. The predicted octanol–water partition coefficient (Wildman–Crippen LogP) is 3.76. The summed E-state index contributed by atoms with van der Waals surface area (Å²) in [7, 11) is 0. The summed E-state index contributed by atoms with van der Waals surface area (Å²) >= 11 is 6.09. The Hall–Kier alpha value is -2.99. The van der Waals surface area contributed by atoms with Gasteiger partial charge in [-0.3, -0.25) is 19.6 Å². The number of hydrogen-bond acceptors (Lipinski definition) is 4. The van der Waals surface area contributed by atoms with E-state index < -0.39 is 0 Å². The molecular weight excluding hydrogens is 400 g/mol. The Bertz CT molecular complexity index is 1080. The van der Waals surface area contributed by atoms with Gasteiger partial charge in [0.25, 0.3) is 5.91 Å². The van der Waals surface area contributed by atoms with Gasteiger partial charge < -0.3 is 10.2 Å². The molecule has 0 spiro atoms. The molecule has 1 fully saturated rings. The Kier molecular flexibility index (Phi) is 5.95. The van der Waals surface area contributed by atoms with Crippen molar-refractivity contribution in [1.29, 1.82) is 0 Å². The van der Waals surface area contributed by atoms with Crippen LogP contribution in [-0.4, -0.2) is 39.8 Å². The average molecular weight is 423 g/mol. The number of rotatable bonds is 4. The number of pyridine rings is 2. The van der Waals surface area contributed by atoms with Crippen LogP contribution in [0.5, 0.6) is 0 Å². The van der Waals surface area contributed by atoms with Gasteiger partial charge >= 0.3 is 0 Å². The maximum absolute atomic E-state index is 13.1. The van der Waals surface area contributed by atoms with Gasteiger partial charge in [-0.15, -0.1) is 0 Å². The Labute approximate surface area is 180 Å². The molecule has 1 N–H and O–H groups in total. The van der Waals surface area contributed by atoms with E-state index >= 15 is 0 Å². The minimum absolute atomic E-state index is 0.0316. The van der Waals surface area contributed by atoms with Crippen molar-refractivity contribution in [3.63, 3.8) is 0 Å². The number of halogens is 1. The monoisotopic (exact) mass is 422 g/mol. The third kappa shape index (κ3) is 4.44. The van der Waals surface area contributed by atoms with Crippen LogP contribution < -0.4 is 5.32 Å². The first-order chi connectivity index (χ1) is 14.5. The lowest BCUT2D eigenvalue weighted by atomic mass is 9.95. The summed E-state index contributed by atoms with van der Waals surface area (Å²) < 4.78 is 0. The van der Waals surface area contributed by atoms with E-state index in [1.165, 1.54) is 0 Å². The van der Waals surface area contributed by atoms with E-state index in [9.17, 15) is 9.59 Å². The SMILES string of the molecule is Cc1nc2ccc(Cl)cc2cc1C(=O)N1CCC(C(=O)NCc2cccnc2)CC1. The molecule has 2 aromatic heterocycles. The van der Waals surface area contributed by atoms with Crippen molar-refractivity contribution in [2.75, 3.05) is 13.1 Å². The summed E-state index contributed by atoms with van der Waals surface area (Å²) in [6.07, 6.45) is 4.75. The predicted molar refractivity (Wildman–Crippen MR) is 116 cm³/mol. The zero-order valence-electron chi connectivity index (χ0n) is 16.8. The number of aryl methyl sites for hydroxylation is 1. The second kappa shape index (κ2) is 8.79. The molecule has 0 unspecified atom stereocenters. The fourth-order valence-electron chi connectivity index (χ4n) is 3.81. The molecule has 1 aromatic carbocycles. The summed E-state index contributed by atoms with van der Waals surface area (Å²) in [4.78, 5) is 36.0. The molecule has 1 aliphatic heterocycles. The van der Waals surface area contributed by atoms with Crippen molar-refractivity contribution in [2.45, 2.75) is 26.3 Å². The number of benzene rings is 1. The third-order valence-corrected chi connectivity index (χ3v) is 5.78. The first-order valence-corrected chi connectivity index (χ1v) is 10.4. The summed E-state index contributed by atoms with van der Waals surface area (Å²) in [5.41, 5.74) is 3.07. The quantitative estimate of drug-likeness (QED) is 0.694. The highest BCUT2D eigenvalue weighted by Crippen LogP contribution is 2.24. The Morgan fingerprint density at radius 1 is 1.20 bits per heavy atom.